The molecule has 1 aromatic heterocycles. The number of amides is 1. The molecule has 28 heavy (non-hydrogen) atoms. The van der Waals surface area contributed by atoms with Gasteiger partial charge in [0.05, 0.1) is 13.2 Å². The maximum Gasteiger partial charge on any atom is 0.240 e. The quantitative estimate of drug-likeness (QED) is 0.653. The number of carbonyl (C=O) groups excluding carboxylic acids is 1. The van der Waals surface area contributed by atoms with E-state index in [9.17, 15) is 4.79 Å². The summed E-state index contributed by atoms with van der Waals surface area (Å²) >= 11 is 3.65. The van der Waals surface area contributed by atoms with E-state index in [0.717, 1.165) is 52.9 Å². The van der Waals surface area contributed by atoms with Gasteiger partial charge < -0.3 is 19.5 Å². The zero-order valence-electron chi connectivity index (χ0n) is 16.0. The van der Waals surface area contributed by atoms with Crippen molar-refractivity contribution in [3.8, 4) is 0 Å². The van der Waals surface area contributed by atoms with Crippen LogP contribution in [0, 0.1) is 6.92 Å². The highest BCUT2D eigenvalue weighted by Gasteiger charge is 2.16. The molecule has 1 fully saturated rings. The Morgan fingerprint density at radius 3 is 2.64 bits per heavy atom. The van der Waals surface area contributed by atoms with Crippen molar-refractivity contribution < 1.29 is 9.53 Å². The Hall–Kier alpha value is -2.31. The van der Waals surface area contributed by atoms with Gasteiger partial charge >= 0.3 is 0 Å². The number of fused-ring (bicyclic) bond motifs is 1. The van der Waals surface area contributed by atoms with Crippen molar-refractivity contribution in [3.63, 3.8) is 0 Å². The van der Waals surface area contributed by atoms with Crippen molar-refractivity contribution >= 4 is 38.4 Å². The van der Waals surface area contributed by atoms with E-state index < -0.39 is 0 Å². The van der Waals surface area contributed by atoms with Gasteiger partial charge in [0.15, 0.2) is 0 Å². The van der Waals surface area contributed by atoms with Crippen molar-refractivity contribution in [2.45, 2.75) is 20.0 Å². The average molecular weight is 442 g/mol. The molecule has 0 aliphatic carbocycles. The van der Waals surface area contributed by atoms with Crippen molar-refractivity contribution in [2.24, 2.45) is 0 Å². The number of para-hydroxylation sites is 2. The lowest BCUT2D eigenvalue weighted by Gasteiger charge is -2.30. The summed E-state index contributed by atoms with van der Waals surface area (Å²) in [7, 11) is 0. The fraction of sp³-hybridized carbons (Fsp3) is 0.318. The number of morpholine rings is 1. The summed E-state index contributed by atoms with van der Waals surface area (Å²) in [5.41, 5.74) is 4.44. The maximum absolute atomic E-state index is 12.7. The summed E-state index contributed by atoms with van der Waals surface area (Å²) < 4.78 is 8.56. The molecule has 146 valence electrons. The van der Waals surface area contributed by atoms with Gasteiger partial charge in [-0.15, -0.1) is 0 Å². The number of hydrogen-bond acceptors (Lipinski definition) is 3. The number of nitrogens with zero attached hydrogens (tertiary/aromatic N) is 2. The Bertz CT molecular complexity index is 993. The van der Waals surface area contributed by atoms with Crippen LogP contribution in [0.15, 0.2) is 53.0 Å². The smallest absolute Gasteiger partial charge is 0.240 e. The van der Waals surface area contributed by atoms with E-state index in [0.29, 0.717) is 13.1 Å². The first-order chi connectivity index (χ1) is 13.6. The van der Waals surface area contributed by atoms with Gasteiger partial charge in [-0.05, 0) is 40.5 Å². The van der Waals surface area contributed by atoms with Crippen molar-refractivity contribution in [2.75, 3.05) is 31.2 Å². The van der Waals surface area contributed by atoms with Gasteiger partial charge in [0.1, 0.15) is 6.54 Å². The second-order valence-electron chi connectivity index (χ2n) is 7.01. The molecule has 1 N–H and O–H groups in total. The van der Waals surface area contributed by atoms with Crippen molar-refractivity contribution in [1.29, 1.82) is 0 Å². The van der Waals surface area contributed by atoms with E-state index in [2.05, 4.69) is 48.9 Å². The van der Waals surface area contributed by atoms with Gasteiger partial charge in [-0.2, -0.15) is 0 Å². The highest BCUT2D eigenvalue weighted by atomic mass is 79.9. The van der Waals surface area contributed by atoms with Crippen LogP contribution < -0.4 is 10.2 Å². The summed E-state index contributed by atoms with van der Waals surface area (Å²) in [5.74, 6) is 0.00753. The molecule has 0 radical (unpaired) electrons. The molecule has 3 aromatic rings. The van der Waals surface area contributed by atoms with Crippen LogP contribution in [0.1, 0.15) is 11.3 Å². The molecule has 5 nitrogen and oxygen atoms in total. The first-order valence-corrected chi connectivity index (χ1v) is 10.3. The van der Waals surface area contributed by atoms with Crippen LogP contribution in [0.5, 0.6) is 0 Å². The Morgan fingerprint density at radius 1 is 1.11 bits per heavy atom. The van der Waals surface area contributed by atoms with E-state index in [4.69, 9.17) is 4.74 Å². The molecule has 4 rings (SSSR count). The minimum absolute atomic E-state index is 0.00753. The first kappa shape index (κ1) is 19.0. The molecular formula is C22H24BrN3O2. The van der Waals surface area contributed by atoms with E-state index >= 15 is 0 Å². The maximum atomic E-state index is 12.7. The van der Waals surface area contributed by atoms with E-state index in [1.54, 1.807) is 0 Å². The molecule has 2 aromatic carbocycles. The number of anilines is 1. The fourth-order valence-electron chi connectivity index (χ4n) is 3.76. The Labute approximate surface area is 173 Å². The predicted molar refractivity (Wildman–Crippen MR) is 116 cm³/mol. The Balaban J connectivity index is 1.47. The molecule has 1 aliphatic rings. The van der Waals surface area contributed by atoms with Gasteiger partial charge in [-0.3, -0.25) is 4.79 Å². The molecule has 0 saturated carbocycles. The van der Waals surface area contributed by atoms with Crippen molar-refractivity contribution in [3.05, 3.63) is 64.3 Å². The minimum Gasteiger partial charge on any atom is -0.378 e. The fourth-order valence-corrected chi connectivity index (χ4v) is 4.31. The third kappa shape index (κ3) is 3.80. The monoisotopic (exact) mass is 441 g/mol. The lowest BCUT2D eigenvalue weighted by Crippen LogP contribution is -2.37. The summed E-state index contributed by atoms with van der Waals surface area (Å²) in [6.45, 7) is 6.11. The number of rotatable bonds is 5. The van der Waals surface area contributed by atoms with Crippen molar-refractivity contribution in [1.82, 2.24) is 9.88 Å². The van der Waals surface area contributed by atoms with Gasteiger partial charge in [-0.1, -0.05) is 36.4 Å². The van der Waals surface area contributed by atoms with Crippen LogP contribution in [0.4, 0.5) is 5.69 Å². The van der Waals surface area contributed by atoms with Gasteiger partial charge in [0.25, 0.3) is 0 Å². The Morgan fingerprint density at radius 2 is 1.82 bits per heavy atom. The van der Waals surface area contributed by atoms with Crippen LogP contribution in [0.2, 0.25) is 0 Å². The second-order valence-corrected chi connectivity index (χ2v) is 7.80. The zero-order valence-corrected chi connectivity index (χ0v) is 17.5. The lowest BCUT2D eigenvalue weighted by atomic mass is 10.1. The molecule has 0 atom stereocenters. The van der Waals surface area contributed by atoms with Crippen LogP contribution in [0.3, 0.4) is 0 Å². The van der Waals surface area contributed by atoms with Gasteiger partial charge in [0, 0.05) is 46.4 Å². The standard InChI is InChI=1S/C22H24BrN3O2/c1-16-22(23)18-7-3-5-9-20(18)26(16)15-21(27)24-14-17-6-2-4-8-19(17)25-10-12-28-13-11-25/h2-9H,10-15H2,1H3,(H,24,27). The predicted octanol–water partition coefficient (Wildman–Crippen LogP) is 3.87. The van der Waals surface area contributed by atoms with Gasteiger partial charge in [0.2, 0.25) is 5.91 Å². The topological polar surface area (TPSA) is 46.5 Å². The summed E-state index contributed by atoms with van der Waals surface area (Å²) in [5, 5.41) is 4.23. The molecule has 0 spiro atoms. The molecule has 1 aliphatic heterocycles. The molecule has 0 bridgehead atoms. The average Bonchev–Trinajstić information content (AvgIpc) is 2.98. The van der Waals surface area contributed by atoms with E-state index in [-0.39, 0.29) is 5.91 Å². The number of benzene rings is 2. The summed E-state index contributed by atoms with van der Waals surface area (Å²) in [4.78, 5) is 15.0. The Kier molecular flexibility index (Phi) is 5.69. The minimum atomic E-state index is 0.00753. The number of nitrogens with one attached hydrogen (secondary N) is 1. The number of aromatic nitrogens is 1. The number of ether oxygens (including phenoxy) is 1. The molecule has 1 amide bonds. The zero-order chi connectivity index (χ0) is 19.5. The van der Waals surface area contributed by atoms with E-state index in [1.165, 1.54) is 5.69 Å². The first-order valence-electron chi connectivity index (χ1n) is 9.56. The summed E-state index contributed by atoms with van der Waals surface area (Å²) in [6.07, 6.45) is 0. The third-order valence-corrected chi connectivity index (χ3v) is 6.28. The molecule has 1 saturated heterocycles. The highest BCUT2D eigenvalue weighted by molar-refractivity contribution is 9.10. The number of hydrogen-bond donors (Lipinski definition) is 1. The van der Waals surface area contributed by atoms with Crippen LogP contribution in [-0.2, 0) is 22.6 Å². The van der Waals surface area contributed by atoms with Crippen LogP contribution >= 0.6 is 15.9 Å². The lowest BCUT2D eigenvalue weighted by molar-refractivity contribution is -0.121. The SMILES string of the molecule is Cc1c(Br)c2ccccc2n1CC(=O)NCc1ccccc1N1CCOCC1. The number of halogens is 1. The van der Waals surface area contributed by atoms with Crippen LogP contribution in [-0.4, -0.2) is 36.8 Å². The largest absolute Gasteiger partial charge is 0.378 e. The van der Waals surface area contributed by atoms with Crippen LogP contribution in [0.25, 0.3) is 10.9 Å². The molecule has 0 unspecified atom stereocenters. The molecule has 2 heterocycles. The normalized spacial score (nSPS) is 14.4. The molecule has 6 heteroatoms. The second kappa shape index (κ2) is 8.37. The highest BCUT2D eigenvalue weighted by Crippen LogP contribution is 2.30. The third-order valence-electron chi connectivity index (χ3n) is 5.27. The van der Waals surface area contributed by atoms with Gasteiger partial charge in [-0.25, -0.2) is 0 Å². The van der Waals surface area contributed by atoms with E-state index in [1.807, 2.05) is 37.3 Å². The summed E-state index contributed by atoms with van der Waals surface area (Å²) in [6, 6.07) is 16.4. The number of carbonyl (C=O) groups is 1. The molecular weight excluding hydrogens is 418 g/mol.